The van der Waals surface area contributed by atoms with E-state index in [9.17, 15) is 9.59 Å². The molecule has 0 saturated heterocycles. The standard InChI is InChI=1S/C14H15N3O3/c1-7-8-6-11-10(5-9(8)12(18)16-15-7)14(2,20-4)13(19)17(11)3/h5-6H,1-4H3,(H,16,18). The number of carbonyl (C=O) groups excluding carboxylic acids is 1. The van der Waals surface area contributed by atoms with Gasteiger partial charge in [-0.15, -0.1) is 0 Å². The molecule has 0 fully saturated rings. The molecule has 1 aliphatic heterocycles. The molecule has 0 bridgehead atoms. The molecule has 0 saturated carbocycles. The lowest BCUT2D eigenvalue weighted by molar-refractivity contribution is -0.137. The number of carbonyl (C=O) groups is 1. The van der Waals surface area contributed by atoms with Crippen LogP contribution in [-0.4, -0.2) is 30.3 Å². The van der Waals surface area contributed by atoms with Crippen LogP contribution in [-0.2, 0) is 15.1 Å². The van der Waals surface area contributed by atoms with Crippen LogP contribution >= 0.6 is 0 Å². The molecule has 1 amide bonds. The first-order valence-electron chi connectivity index (χ1n) is 6.27. The molecule has 1 aromatic carbocycles. The molecule has 0 spiro atoms. The van der Waals surface area contributed by atoms with Crippen LogP contribution < -0.4 is 10.5 Å². The zero-order chi connectivity index (χ0) is 14.7. The number of nitrogens with one attached hydrogen (secondary N) is 1. The highest BCUT2D eigenvalue weighted by Gasteiger charge is 2.46. The summed E-state index contributed by atoms with van der Waals surface area (Å²) in [6.07, 6.45) is 0. The molecule has 2 aromatic rings. The van der Waals surface area contributed by atoms with Crippen molar-refractivity contribution in [3.63, 3.8) is 0 Å². The van der Waals surface area contributed by atoms with Crippen molar-refractivity contribution in [3.8, 4) is 0 Å². The second-order valence-corrected chi connectivity index (χ2v) is 5.15. The maximum absolute atomic E-state index is 12.4. The fourth-order valence-electron chi connectivity index (χ4n) is 2.73. The third-order valence-corrected chi connectivity index (χ3v) is 4.09. The summed E-state index contributed by atoms with van der Waals surface area (Å²) < 4.78 is 5.41. The largest absolute Gasteiger partial charge is 0.364 e. The van der Waals surface area contributed by atoms with Gasteiger partial charge in [-0.25, -0.2) is 5.10 Å². The molecule has 2 heterocycles. The SMILES string of the molecule is COC1(C)C(=O)N(C)c2cc3c(C)n[nH]c(=O)c3cc21. The quantitative estimate of drug-likeness (QED) is 0.843. The molecule has 104 valence electrons. The van der Waals surface area contributed by atoms with Crippen molar-refractivity contribution in [3.05, 3.63) is 33.7 Å². The van der Waals surface area contributed by atoms with E-state index < -0.39 is 5.60 Å². The zero-order valence-corrected chi connectivity index (χ0v) is 11.8. The number of anilines is 1. The lowest BCUT2D eigenvalue weighted by atomic mass is 9.95. The Morgan fingerprint density at radius 2 is 2.00 bits per heavy atom. The number of amides is 1. The monoisotopic (exact) mass is 273 g/mol. The van der Waals surface area contributed by atoms with Gasteiger partial charge in [-0.3, -0.25) is 9.59 Å². The van der Waals surface area contributed by atoms with Gasteiger partial charge in [-0.2, -0.15) is 5.10 Å². The molecule has 1 aliphatic rings. The predicted octanol–water partition coefficient (Wildman–Crippen LogP) is 1.07. The van der Waals surface area contributed by atoms with E-state index in [0.717, 1.165) is 11.1 Å². The second kappa shape index (κ2) is 3.89. The number of aryl methyl sites for hydroxylation is 1. The lowest BCUT2D eigenvalue weighted by Crippen LogP contribution is -2.37. The number of aromatic nitrogens is 2. The van der Waals surface area contributed by atoms with E-state index in [1.165, 1.54) is 7.11 Å². The Bertz CT molecular complexity index is 796. The summed E-state index contributed by atoms with van der Waals surface area (Å²) in [4.78, 5) is 25.9. The summed E-state index contributed by atoms with van der Waals surface area (Å²) in [5, 5.41) is 7.68. The van der Waals surface area contributed by atoms with Gasteiger partial charge >= 0.3 is 0 Å². The first-order chi connectivity index (χ1) is 9.40. The maximum atomic E-state index is 12.4. The molecule has 20 heavy (non-hydrogen) atoms. The van der Waals surface area contributed by atoms with Gasteiger partial charge in [-0.05, 0) is 26.0 Å². The van der Waals surface area contributed by atoms with Gasteiger partial charge in [0.2, 0.25) is 0 Å². The van der Waals surface area contributed by atoms with Crippen molar-refractivity contribution in [1.82, 2.24) is 10.2 Å². The Morgan fingerprint density at radius 1 is 1.30 bits per heavy atom. The normalized spacial score (nSPS) is 21.6. The number of likely N-dealkylation sites (N-methyl/N-ethyl adjacent to an activating group) is 1. The number of fused-ring (bicyclic) bond motifs is 2. The maximum Gasteiger partial charge on any atom is 0.272 e. The molecule has 1 atom stereocenters. The van der Waals surface area contributed by atoms with Crippen LogP contribution in [0.1, 0.15) is 18.2 Å². The molecular formula is C14H15N3O3. The summed E-state index contributed by atoms with van der Waals surface area (Å²) in [6.45, 7) is 3.53. The molecule has 0 aliphatic carbocycles. The number of hydrogen-bond acceptors (Lipinski definition) is 4. The number of methoxy groups -OCH3 is 1. The number of rotatable bonds is 1. The Morgan fingerprint density at radius 3 is 2.65 bits per heavy atom. The third-order valence-electron chi connectivity index (χ3n) is 4.09. The van der Waals surface area contributed by atoms with Crippen LogP contribution in [0.4, 0.5) is 5.69 Å². The molecule has 1 unspecified atom stereocenters. The van der Waals surface area contributed by atoms with Gasteiger partial charge in [0.15, 0.2) is 5.60 Å². The highest BCUT2D eigenvalue weighted by atomic mass is 16.5. The summed E-state index contributed by atoms with van der Waals surface area (Å²) in [6, 6.07) is 3.55. The number of H-pyrrole nitrogens is 1. The average Bonchev–Trinajstić information content (AvgIpc) is 2.64. The summed E-state index contributed by atoms with van der Waals surface area (Å²) in [5.74, 6) is -0.146. The molecule has 1 N–H and O–H groups in total. The van der Waals surface area contributed by atoms with Crippen molar-refractivity contribution >= 4 is 22.4 Å². The number of aromatic amines is 1. The van der Waals surface area contributed by atoms with Crippen molar-refractivity contribution in [2.75, 3.05) is 19.1 Å². The lowest BCUT2D eigenvalue weighted by Gasteiger charge is -2.21. The van der Waals surface area contributed by atoms with Gasteiger partial charge in [0, 0.05) is 25.1 Å². The Kier molecular flexibility index (Phi) is 2.49. The summed E-state index contributed by atoms with van der Waals surface area (Å²) >= 11 is 0. The Labute approximate surface area is 115 Å². The van der Waals surface area contributed by atoms with E-state index in [2.05, 4.69) is 10.2 Å². The minimum Gasteiger partial charge on any atom is -0.364 e. The Balaban J connectivity index is 2.45. The van der Waals surface area contributed by atoms with E-state index in [0.29, 0.717) is 16.6 Å². The van der Waals surface area contributed by atoms with Gasteiger partial charge in [0.05, 0.1) is 16.8 Å². The van der Waals surface area contributed by atoms with Gasteiger partial charge in [0.1, 0.15) is 0 Å². The number of nitrogens with zero attached hydrogens (tertiary/aromatic N) is 2. The fourth-order valence-corrected chi connectivity index (χ4v) is 2.73. The highest BCUT2D eigenvalue weighted by Crippen LogP contribution is 2.43. The van der Waals surface area contributed by atoms with Crippen LogP contribution in [0.2, 0.25) is 0 Å². The summed E-state index contributed by atoms with van der Waals surface area (Å²) in [7, 11) is 3.19. The third kappa shape index (κ3) is 1.39. The van der Waals surface area contributed by atoms with Gasteiger partial charge in [-0.1, -0.05) is 0 Å². The van der Waals surface area contributed by atoms with Gasteiger partial charge < -0.3 is 9.64 Å². The molecule has 6 nitrogen and oxygen atoms in total. The van der Waals surface area contributed by atoms with Gasteiger partial charge in [0.25, 0.3) is 11.5 Å². The van der Waals surface area contributed by atoms with Crippen LogP contribution in [0.15, 0.2) is 16.9 Å². The predicted molar refractivity (Wildman–Crippen MR) is 74.9 cm³/mol. The molecule has 3 rings (SSSR count). The van der Waals surface area contributed by atoms with E-state index in [-0.39, 0.29) is 11.5 Å². The van der Waals surface area contributed by atoms with E-state index in [1.54, 1.807) is 24.9 Å². The fraction of sp³-hybridized carbons (Fsp3) is 0.357. The molecule has 6 heteroatoms. The minimum atomic E-state index is -1.05. The van der Waals surface area contributed by atoms with Crippen LogP contribution in [0.25, 0.3) is 10.8 Å². The average molecular weight is 273 g/mol. The van der Waals surface area contributed by atoms with Crippen molar-refractivity contribution in [2.24, 2.45) is 0 Å². The van der Waals surface area contributed by atoms with Crippen molar-refractivity contribution < 1.29 is 9.53 Å². The number of benzene rings is 1. The van der Waals surface area contributed by atoms with E-state index in [1.807, 2.05) is 13.0 Å². The Hall–Kier alpha value is -2.21. The highest BCUT2D eigenvalue weighted by molar-refractivity contribution is 6.09. The molecule has 0 radical (unpaired) electrons. The van der Waals surface area contributed by atoms with E-state index in [4.69, 9.17) is 4.74 Å². The van der Waals surface area contributed by atoms with Crippen LogP contribution in [0, 0.1) is 6.92 Å². The molecule has 1 aromatic heterocycles. The smallest absolute Gasteiger partial charge is 0.272 e. The number of hydrogen-bond donors (Lipinski definition) is 1. The molecular weight excluding hydrogens is 258 g/mol. The minimum absolute atomic E-state index is 0.146. The van der Waals surface area contributed by atoms with Crippen LogP contribution in [0.5, 0.6) is 0 Å². The van der Waals surface area contributed by atoms with Crippen LogP contribution in [0.3, 0.4) is 0 Å². The topological polar surface area (TPSA) is 75.3 Å². The zero-order valence-electron chi connectivity index (χ0n) is 11.8. The second-order valence-electron chi connectivity index (χ2n) is 5.15. The van der Waals surface area contributed by atoms with Crippen molar-refractivity contribution in [2.45, 2.75) is 19.4 Å². The first kappa shape index (κ1) is 12.8. The number of ether oxygens (including phenoxy) is 1. The summed E-state index contributed by atoms with van der Waals surface area (Å²) in [5.41, 5.74) is 0.851. The van der Waals surface area contributed by atoms with E-state index >= 15 is 0 Å². The van der Waals surface area contributed by atoms with Crippen molar-refractivity contribution in [1.29, 1.82) is 0 Å². The first-order valence-corrected chi connectivity index (χ1v) is 6.27.